The topological polar surface area (TPSA) is 40.5 Å². The van der Waals surface area contributed by atoms with Gasteiger partial charge in [0.2, 0.25) is 0 Å². The molecule has 0 unspecified atom stereocenters. The zero-order valence-electron chi connectivity index (χ0n) is 12.5. The largest absolute Gasteiger partial charge is 0.478 e. The second-order valence-electron chi connectivity index (χ2n) is 6.57. The van der Waals surface area contributed by atoms with Gasteiger partial charge in [-0.15, -0.1) is 0 Å². The summed E-state index contributed by atoms with van der Waals surface area (Å²) in [5.74, 6) is -0.367. The van der Waals surface area contributed by atoms with Gasteiger partial charge in [-0.2, -0.15) is 0 Å². The summed E-state index contributed by atoms with van der Waals surface area (Å²) in [7, 11) is 2.22. The van der Waals surface area contributed by atoms with E-state index in [4.69, 9.17) is 0 Å². The average molecular weight is 273 g/mol. The third-order valence-corrected chi connectivity index (χ3v) is 5.27. The molecule has 0 aromatic heterocycles. The Morgan fingerprint density at radius 2 is 1.80 bits per heavy atom. The third-order valence-electron chi connectivity index (χ3n) is 5.27. The molecule has 0 aliphatic carbocycles. The maximum atomic E-state index is 11.6. The highest BCUT2D eigenvalue weighted by Crippen LogP contribution is 2.44. The predicted octanol–water partition coefficient (Wildman–Crippen LogP) is 3.34. The first-order valence-corrected chi connectivity index (χ1v) is 7.53. The highest BCUT2D eigenvalue weighted by molar-refractivity contribution is 5.90. The van der Waals surface area contributed by atoms with E-state index < -0.39 is 5.97 Å². The second kappa shape index (κ2) is 4.88. The molecule has 2 saturated heterocycles. The lowest BCUT2D eigenvalue weighted by Gasteiger charge is -2.37. The number of fused-ring (bicyclic) bond motifs is 2. The Labute approximate surface area is 120 Å². The Balaban J connectivity index is 2.00. The normalized spacial score (nSPS) is 29.6. The average Bonchev–Trinajstić information content (AvgIpc) is 2.61. The van der Waals surface area contributed by atoms with Gasteiger partial charge >= 0.3 is 5.97 Å². The number of carboxylic acids is 1. The summed E-state index contributed by atoms with van der Waals surface area (Å²) in [4.78, 5) is 14.1. The van der Waals surface area contributed by atoms with Gasteiger partial charge in [0.05, 0.1) is 5.56 Å². The maximum Gasteiger partial charge on any atom is 0.335 e. The van der Waals surface area contributed by atoms with Crippen LogP contribution in [0.4, 0.5) is 0 Å². The van der Waals surface area contributed by atoms with Crippen LogP contribution in [-0.4, -0.2) is 35.1 Å². The minimum Gasteiger partial charge on any atom is -0.478 e. The number of aromatic carboxylic acids is 1. The van der Waals surface area contributed by atoms with Gasteiger partial charge in [-0.05, 0) is 75.3 Å². The minimum absolute atomic E-state index is 0.412. The van der Waals surface area contributed by atoms with E-state index in [1.165, 1.54) is 12.8 Å². The van der Waals surface area contributed by atoms with E-state index in [1.54, 1.807) is 0 Å². The fourth-order valence-electron chi connectivity index (χ4n) is 4.34. The standard InChI is InChI=1S/C17H23NO2/c1-10-6-11(2)16(15(7-10)17(19)20)12-8-13-4-5-14(9-12)18(13)3/h6-7,12-14H,4-5,8-9H2,1-3H3,(H,19,20)/t13-,14-/m1/s1. The van der Waals surface area contributed by atoms with Gasteiger partial charge in [-0.25, -0.2) is 4.79 Å². The fraction of sp³-hybridized carbons (Fsp3) is 0.588. The Bertz CT molecular complexity index is 538. The number of benzene rings is 1. The van der Waals surface area contributed by atoms with Crippen molar-refractivity contribution in [2.45, 2.75) is 57.5 Å². The molecule has 2 fully saturated rings. The SMILES string of the molecule is Cc1cc(C)c(C2C[C@H]3CC[C@H](C2)N3C)c(C(=O)O)c1. The summed E-state index contributed by atoms with van der Waals surface area (Å²) in [6.07, 6.45) is 4.75. The van der Waals surface area contributed by atoms with Crippen LogP contribution in [0, 0.1) is 13.8 Å². The van der Waals surface area contributed by atoms with Crippen molar-refractivity contribution in [3.05, 3.63) is 34.4 Å². The first-order valence-electron chi connectivity index (χ1n) is 7.53. The first kappa shape index (κ1) is 13.6. The van der Waals surface area contributed by atoms with E-state index >= 15 is 0 Å². The number of carbonyl (C=O) groups is 1. The summed E-state index contributed by atoms with van der Waals surface area (Å²) in [5, 5.41) is 9.53. The summed E-state index contributed by atoms with van der Waals surface area (Å²) < 4.78 is 0. The Kier molecular flexibility index (Phi) is 3.33. The van der Waals surface area contributed by atoms with Gasteiger partial charge in [-0.1, -0.05) is 6.07 Å². The molecule has 1 aromatic rings. The number of nitrogens with zero attached hydrogens (tertiary/aromatic N) is 1. The van der Waals surface area contributed by atoms with Crippen molar-refractivity contribution >= 4 is 5.97 Å². The molecule has 0 amide bonds. The quantitative estimate of drug-likeness (QED) is 0.898. The summed E-state index contributed by atoms with van der Waals surface area (Å²) in [5.41, 5.74) is 3.81. The van der Waals surface area contributed by atoms with E-state index in [0.29, 0.717) is 23.6 Å². The van der Waals surface area contributed by atoms with Crippen LogP contribution >= 0.6 is 0 Å². The molecule has 1 aromatic carbocycles. The lowest BCUT2D eigenvalue weighted by Crippen LogP contribution is -2.39. The Morgan fingerprint density at radius 3 is 2.35 bits per heavy atom. The fourth-order valence-corrected chi connectivity index (χ4v) is 4.34. The third kappa shape index (κ3) is 2.14. The highest BCUT2D eigenvalue weighted by Gasteiger charge is 2.40. The molecular formula is C17H23NO2. The smallest absolute Gasteiger partial charge is 0.335 e. The number of rotatable bonds is 2. The molecule has 0 spiro atoms. The van der Waals surface area contributed by atoms with E-state index in [2.05, 4.69) is 24.9 Å². The lowest BCUT2D eigenvalue weighted by atomic mass is 9.80. The van der Waals surface area contributed by atoms with Gasteiger partial charge in [0.15, 0.2) is 0 Å². The number of piperidine rings is 1. The van der Waals surface area contributed by atoms with E-state index in [-0.39, 0.29) is 0 Å². The molecule has 20 heavy (non-hydrogen) atoms. The number of carboxylic acid groups (broad SMARTS) is 1. The van der Waals surface area contributed by atoms with Crippen molar-refractivity contribution in [2.75, 3.05) is 7.05 Å². The lowest BCUT2D eigenvalue weighted by molar-refractivity contribution is 0.0693. The van der Waals surface area contributed by atoms with E-state index in [0.717, 1.165) is 29.5 Å². The van der Waals surface area contributed by atoms with E-state index in [9.17, 15) is 9.90 Å². The van der Waals surface area contributed by atoms with E-state index in [1.807, 2.05) is 13.0 Å². The second-order valence-corrected chi connectivity index (χ2v) is 6.57. The molecule has 2 atom stereocenters. The zero-order valence-corrected chi connectivity index (χ0v) is 12.5. The van der Waals surface area contributed by atoms with Crippen LogP contribution in [0.5, 0.6) is 0 Å². The van der Waals surface area contributed by atoms with Crippen LogP contribution in [0.15, 0.2) is 12.1 Å². The zero-order chi connectivity index (χ0) is 14.4. The summed E-state index contributed by atoms with van der Waals surface area (Å²) in [6, 6.07) is 5.24. The Morgan fingerprint density at radius 1 is 1.20 bits per heavy atom. The van der Waals surface area contributed by atoms with Gasteiger partial charge in [0, 0.05) is 12.1 Å². The number of hydrogen-bond acceptors (Lipinski definition) is 2. The van der Waals surface area contributed by atoms with Crippen LogP contribution < -0.4 is 0 Å². The molecule has 1 N–H and O–H groups in total. The molecule has 3 rings (SSSR count). The van der Waals surface area contributed by atoms with Gasteiger partial charge in [0.25, 0.3) is 0 Å². The summed E-state index contributed by atoms with van der Waals surface area (Å²) in [6.45, 7) is 4.04. The van der Waals surface area contributed by atoms with Crippen molar-refractivity contribution in [1.82, 2.24) is 4.90 Å². The molecule has 3 heteroatoms. The highest BCUT2D eigenvalue weighted by atomic mass is 16.4. The van der Waals surface area contributed by atoms with Crippen molar-refractivity contribution in [3.8, 4) is 0 Å². The number of hydrogen-bond donors (Lipinski definition) is 1. The predicted molar refractivity (Wildman–Crippen MR) is 79.4 cm³/mol. The van der Waals surface area contributed by atoms with Crippen LogP contribution in [0.1, 0.15) is 58.6 Å². The molecule has 0 saturated carbocycles. The van der Waals surface area contributed by atoms with Crippen molar-refractivity contribution in [2.24, 2.45) is 0 Å². The first-order chi connectivity index (χ1) is 9.47. The van der Waals surface area contributed by atoms with Gasteiger partial charge in [-0.3, -0.25) is 0 Å². The van der Waals surface area contributed by atoms with Crippen molar-refractivity contribution in [1.29, 1.82) is 0 Å². The Hall–Kier alpha value is -1.35. The molecule has 2 aliphatic rings. The summed E-state index contributed by atoms with van der Waals surface area (Å²) >= 11 is 0. The van der Waals surface area contributed by atoms with Gasteiger partial charge in [0.1, 0.15) is 0 Å². The maximum absolute atomic E-state index is 11.6. The molecular weight excluding hydrogens is 250 g/mol. The van der Waals surface area contributed by atoms with Crippen LogP contribution in [0.2, 0.25) is 0 Å². The van der Waals surface area contributed by atoms with Crippen LogP contribution in [0.25, 0.3) is 0 Å². The minimum atomic E-state index is -0.780. The molecule has 2 aliphatic heterocycles. The molecule has 2 bridgehead atoms. The molecule has 108 valence electrons. The van der Waals surface area contributed by atoms with Crippen molar-refractivity contribution < 1.29 is 9.90 Å². The molecule has 2 heterocycles. The number of aryl methyl sites for hydroxylation is 2. The van der Waals surface area contributed by atoms with Crippen LogP contribution in [-0.2, 0) is 0 Å². The monoisotopic (exact) mass is 273 g/mol. The molecule has 3 nitrogen and oxygen atoms in total. The van der Waals surface area contributed by atoms with Crippen LogP contribution in [0.3, 0.4) is 0 Å². The molecule has 0 radical (unpaired) electrons. The van der Waals surface area contributed by atoms with Crippen molar-refractivity contribution in [3.63, 3.8) is 0 Å². The van der Waals surface area contributed by atoms with Gasteiger partial charge < -0.3 is 10.0 Å².